The van der Waals surface area contributed by atoms with Gasteiger partial charge in [-0.05, 0) is 81.4 Å². The Bertz CT molecular complexity index is 1450. The van der Waals surface area contributed by atoms with Gasteiger partial charge in [0.1, 0.15) is 0 Å². The molecule has 6 rings (SSSR count). The fourth-order valence-corrected chi connectivity index (χ4v) is 7.61. The van der Waals surface area contributed by atoms with Crippen LogP contribution in [0.2, 0.25) is 0 Å². The van der Waals surface area contributed by atoms with E-state index in [0.29, 0.717) is 45.3 Å². The fourth-order valence-electron chi connectivity index (χ4n) is 7.61. The molecule has 1 atom stereocenters. The number of nitrogens with zero attached hydrogens (tertiary/aromatic N) is 3. The summed E-state index contributed by atoms with van der Waals surface area (Å²) in [5.41, 5.74) is 5.49. The van der Waals surface area contributed by atoms with Crippen LogP contribution in [0.3, 0.4) is 0 Å². The topological polar surface area (TPSA) is 93.2 Å². The minimum Gasteiger partial charge on any atom is -0.481 e. The predicted octanol–water partition coefficient (Wildman–Crippen LogP) is 4.72. The highest BCUT2D eigenvalue weighted by Crippen LogP contribution is 2.40. The van der Waals surface area contributed by atoms with E-state index in [0.717, 1.165) is 50.1 Å². The number of aliphatic carboxylic acids is 1. The molecule has 8 heteroatoms. The van der Waals surface area contributed by atoms with Gasteiger partial charge in [0.25, 0.3) is 5.91 Å². The number of piperidine rings is 2. The van der Waals surface area contributed by atoms with Crippen molar-refractivity contribution in [2.24, 2.45) is 5.92 Å². The van der Waals surface area contributed by atoms with Crippen LogP contribution in [0.5, 0.6) is 0 Å². The molecule has 2 amide bonds. The standard InChI is InChI=1S/C37H44N4O4/c42-33(29-10-4-1-5-11-29)40-27-19-36(28-40,31-12-6-2-7-13-31)18-24-39-25-20-37(21-26-39,32-14-8-3-9-15-32)35(45)38-41-22-16-30(17-23-41)34(43)44/h1-15,30H,16-28H2,(H,38,45)(H,43,44). The number of nitrogens with one attached hydrogen (secondary N) is 1. The Morgan fingerprint density at radius 3 is 1.91 bits per heavy atom. The second-order valence-corrected chi connectivity index (χ2v) is 13.1. The molecule has 0 aromatic heterocycles. The Kier molecular flexibility index (Phi) is 9.33. The number of hydrogen-bond donors (Lipinski definition) is 2. The third-order valence-corrected chi connectivity index (χ3v) is 10.5. The summed E-state index contributed by atoms with van der Waals surface area (Å²) >= 11 is 0. The lowest BCUT2D eigenvalue weighted by Gasteiger charge is -2.43. The van der Waals surface area contributed by atoms with Crippen molar-refractivity contribution < 1.29 is 19.5 Å². The highest BCUT2D eigenvalue weighted by molar-refractivity contribution is 5.94. The first kappa shape index (κ1) is 31.0. The van der Waals surface area contributed by atoms with Gasteiger partial charge in [0, 0.05) is 37.2 Å². The monoisotopic (exact) mass is 608 g/mol. The summed E-state index contributed by atoms with van der Waals surface area (Å²) in [4.78, 5) is 43.3. The molecule has 0 saturated carbocycles. The second-order valence-electron chi connectivity index (χ2n) is 13.1. The summed E-state index contributed by atoms with van der Waals surface area (Å²) in [5.74, 6) is -0.991. The van der Waals surface area contributed by atoms with Crippen molar-refractivity contribution in [1.29, 1.82) is 0 Å². The zero-order valence-electron chi connectivity index (χ0n) is 25.9. The van der Waals surface area contributed by atoms with Crippen molar-refractivity contribution in [3.05, 3.63) is 108 Å². The van der Waals surface area contributed by atoms with Gasteiger partial charge in [0.15, 0.2) is 0 Å². The van der Waals surface area contributed by atoms with Gasteiger partial charge in [0.2, 0.25) is 5.91 Å². The van der Waals surface area contributed by atoms with Crippen LogP contribution in [0.1, 0.15) is 60.0 Å². The van der Waals surface area contributed by atoms with Crippen LogP contribution in [-0.2, 0) is 20.4 Å². The molecule has 3 aromatic carbocycles. The Hall–Kier alpha value is -4.01. The third-order valence-electron chi connectivity index (χ3n) is 10.5. The molecular formula is C37H44N4O4. The van der Waals surface area contributed by atoms with E-state index in [4.69, 9.17) is 0 Å². The number of benzene rings is 3. The van der Waals surface area contributed by atoms with Crippen LogP contribution < -0.4 is 5.43 Å². The molecule has 8 nitrogen and oxygen atoms in total. The van der Waals surface area contributed by atoms with Gasteiger partial charge in [-0.25, -0.2) is 5.01 Å². The fraction of sp³-hybridized carbons (Fsp3) is 0.432. The molecule has 236 valence electrons. The largest absolute Gasteiger partial charge is 0.481 e. The molecule has 3 aliphatic heterocycles. The molecule has 3 aromatic rings. The summed E-state index contributed by atoms with van der Waals surface area (Å²) < 4.78 is 0. The van der Waals surface area contributed by atoms with Crippen molar-refractivity contribution in [2.45, 2.75) is 49.4 Å². The number of carboxylic acids is 1. The molecule has 0 aliphatic carbocycles. The summed E-state index contributed by atoms with van der Waals surface area (Å²) in [6.07, 6.45) is 4.38. The van der Waals surface area contributed by atoms with Gasteiger partial charge in [-0.15, -0.1) is 0 Å². The molecule has 2 N–H and O–H groups in total. The predicted molar refractivity (Wildman–Crippen MR) is 174 cm³/mol. The number of hydrazine groups is 1. The lowest BCUT2D eigenvalue weighted by molar-refractivity contribution is -0.144. The molecule has 3 aliphatic rings. The second kappa shape index (κ2) is 13.5. The Labute approximate surface area is 266 Å². The number of likely N-dealkylation sites (tertiary alicyclic amines) is 2. The zero-order valence-corrected chi connectivity index (χ0v) is 25.9. The lowest BCUT2D eigenvalue weighted by Crippen LogP contribution is -2.57. The lowest BCUT2D eigenvalue weighted by atomic mass is 9.71. The maximum Gasteiger partial charge on any atom is 0.306 e. The molecule has 45 heavy (non-hydrogen) atoms. The van der Waals surface area contributed by atoms with Gasteiger partial charge in [0.05, 0.1) is 11.3 Å². The van der Waals surface area contributed by atoms with Gasteiger partial charge in [-0.2, -0.15) is 0 Å². The van der Waals surface area contributed by atoms with Gasteiger partial charge < -0.3 is 14.9 Å². The van der Waals surface area contributed by atoms with E-state index < -0.39 is 11.4 Å². The Balaban J connectivity index is 1.13. The smallest absolute Gasteiger partial charge is 0.306 e. The molecule has 0 bridgehead atoms. The number of carbonyl (C=O) groups is 3. The number of carbonyl (C=O) groups excluding carboxylic acids is 2. The molecule has 0 radical (unpaired) electrons. The van der Waals surface area contributed by atoms with Crippen molar-refractivity contribution >= 4 is 17.8 Å². The number of rotatable bonds is 9. The van der Waals surface area contributed by atoms with Crippen LogP contribution in [0.15, 0.2) is 91.0 Å². The number of hydrogen-bond acceptors (Lipinski definition) is 5. The van der Waals surface area contributed by atoms with E-state index in [-0.39, 0.29) is 23.1 Å². The number of amides is 2. The average Bonchev–Trinajstić information content (AvgIpc) is 3.54. The van der Waals surface area contributed by atoms with E-state index >= 15 is 0 Å². The van der Waals surface area contributed by atoms with Crippen LogP contribution in [0.4, 0.5) is 0 Å². The molecule has 1 unspecified atom stereocenters. The SMILES string of the molecule is O=C(O)C1CCN(NC(=O)C2(c3ccccc3)CCN(CCC3(c4ccccc4)CCN(C(=O)c4ccccc4)C3)CC2)CC1. The zero-order chi connectivity index (χ0) is 31.3. The van der Waals surface area contributed by atoms with Gasteiger partial charge >= 0.3 is 5.97 Å². The first-order valence-electron chi connectivity index (χ1n) is 16.4. The van der Waals surface area contributed by atoms with Crippen molar-refractivity contribution in [3.8, 4) is 0 Å². The van der Waals surface area contributed by atoms with Crippen molar-refractivity contribution in [1.82, 2.24) is 20.2 Å². The third kappa shape index (κ3) is 6.67. The summed E-state index contributed by atoms with van der Waals surface area (Å²) in [5, 5.41) is 11.3. The normalized spacial score (nSPS) is 22.6. The number of carboxylic acid groups (broad SMARTS) is 1. The van der Waals surface area contributed by atoms with E-state index in [1.807, 2.05) is 64.5 Å². The van der Waals surface area contributed by atoms with Crippen LogP contribution in [0, 0.1) is 5.92 Å². The minimum absolute atomic E-state index is 0.00809. The molecular weight excluding hydrogens is 564 g/mol. The average molecular weight is 609 g/mol. The first-order valence-corrected chi connectivity index (χ1v) is 16.4. The van der Waals surface area contributed by atoms with Crippen LogP contribution in [-0.4, -0.2) is 83.5 Å². The van der Waals surface area contributed by atoms with E-state index in [1.54, 1.807) is 0 Å². The van der Waals surface area contributed by atoms with Crippen molar-refractivity contribution in [3.63, 3.8) is 0 Å². The maximum absolute atomic E-state index is 14.0. The van der Waals surface area contributed by atoms with E-state index in [1.165, 1.54) is 5.56 Å². The molecule has 0 spiro atoms. The molecule has 3 fully saturated rings. The Morgan fingerprint density at radius 2 is 1.31 bits per heavy atom. The minimum atomic E-state index is -0.753. The quantitative estimate of drug-likeness (QED) is 0.365. The first-order chi connectivity index (χ1) is 21.9. The summed E-state index contributed by atoms with van der Waals surface area (Å²) in [6.45, 7) is 5.05. The molecule has 3 heterocycles. The van der Waals surface area contributed by atoms with E-state index in [2.05, 4.69) is 46.7 Å². The van der Waals surface area contributed by atoms with Crippen LogP contribution >= 0.6 is 0 Å². The van der Waals surface area contributed by atoms with E-state index in [9.17, 15) is 19.5 Å². The summed E-state index contributed by atoms with van der Waals surface area (Å²) in [6, 6.07) is 30.3. The molecule has 3 saturated heterocycles. The maximum atomic E-state index is 14.0. The Morgan fingerprint density at radius 1 is 0.733 bits per heavy atom. The summed E-state index contributed by atoms with van der Waals surface area (Å²) in [7, 11) is 0. The van der Waals surface area contributed by atoms with Gasteiger partial charge in [-0.1, -0.05) is 78.9 Å². The van der Waals surface area contributed by atoms with Gasteiger partial charge in [-0.3, -0.25) is 19.8 Å². The van der Waals surface area contributed by atoms with Crippen LogP contribution in [0.25, 0.3) is 0 Å². The highest BCUT2D eigenvalue weighted by atomic mass is 16.4. The highest BCUT2D eigenvalue weighted by Gasteiger charge is 2.45. The van der Waals surface area contributed by atoms with Crippen molar-refractivity contribution in [2.75, 3.05) is 45.8 Å².